The number of alkyl halides is 1. The summed E-state index contributed by atoms with van der Waals surface area (Å²) in [5, 5.41) is 0. The van der Waals surface area contributed by atoms with Crippen molar-refractivity contribution in [2.75, 3.05) is 5.88 Å². The molecule has 2 nitrogen and oxygen atoms in total. The predicted molar refractivity (Wildman–Crippen MR) is 39.1 cm³/mol. The highest BCUT2D eigenvalue weighted by atomic mass is 35.5. The summed E-state index contributed by atoms with van der Waals surface area (Å²) in [5.74, 6) is -0.334. The molecule has 1 saturated carbocycles. The van der Waals surface area contributed by atoms with E-state index in [-0.39, 0.29) is 17.5 Å². The van der Waals surface area contributed by atoms with Crippen LogP contribution in [0.1, 0.15) is 26.2 Å². The van der Waals surface area contributed by atoms with E-state index in [0.717, 1.165) is 19.3 Å². The molecule has 0 heterocycles. The molecule has 1 fully saturated rings. The monoisotopic (exact) mass is 162 g/mol. The van der Waals surface area contributed by atoms with Gasteiger partial charge in [0.15, 0.2) is 0 Å². The van der Waals surface area contributed by atoms with Crippen LogP contribution in [0.5, 0.6) is 0 Å². The molecule has 0 aromatic rings. The molecule has 0 radical (unpaired) electrons. The van der Waals surface area contributed by atoms with Crippen molar-refractivity contribution < 1.29 is 9.53 Å². The summed E-state index contributed by atoms with van der Waals surface area (Å²) in [7, 11) is 0. The van der Waals surface area contributed by atoms with Gasteiger partial charge in [0.2, 0.25) is 0 Å². The lowest BCUT2D eigenvalue weighted by atomic mass is 9.82. The zero-order valence-electron chi connectivity index (χ0n) is 6.02. The predicted octanol–water partition coefficient (Wildman–Crippen LogP) is 1.71. The van der Waals surface area contributed by atoms with Gasteiger partial charge in [-0.05, 0) is 26.2 Å². The molecule has 0 amide bonds. The van der Waals surface area contributed by atoms with Crippen molar-refractivity contribution in [1.29, 1.82) is 0 Å². The first kappa shape index (κ1) is 7.86. The van der Waals surface area contributed by atoms with Gasteiger partial charge < -0.3 is 4.74 Å². The standard InChI is InChI=1S/C7H11ClO2/c1-7(3-2-4-7)10-6(9)5-8/h2-5H2,1H3. The largest absolute Gasteiger partial charge is 0.458 e. The zero-order valence-corrected chi connectivity index (χ0v) is 6.78. The lowest BCUT2D eigenvalue weighted by Crippen LogP contribution is -2.38. The van der Waals surface area contributed by atoms with Gasteiger partial charge in [-0.3, -0.25) is 4.79 Å². The minimum atomic E-state index is -0.302. The van der Waals surface area contributed by atoms with Gasteiger partial charge in [0.25, 0.3) is 0 Å². The molecule has 0 spiro atoms. The van der Waals surface area contributed by atoms with Crippen LogP contribution in [0.15, 0.2) is 0 Å². The lowest BCUT2D eigenvalue weighted by Gasteiger charge is -2.37. The normalized spacial score (nSPS) is 21.4. The zero-order chi connectivity index (χ0) is 7.61. The van der Waals surface area contributed by atoms with Crippen LogP contribution in [-0.4, -0.2) is 17.5 Å². The fourth-order valence-electron chi connectivity index (χ4n) is 1.08. The summed E-state index contributed by atoms with van der Waals surface area (Å²) in [4.78, 5) is 10.7. The minimum Gasteiger partial charge on any atom is -0.458 e. The van der Waals surface area contributed by atoms with E-state index in [2.05, 4.69) is 0 Å². The third-order valence-electron chi connectivity index (χ3n) is 1.88. The van der Waals surface area contributed by atoms with Crippen molar-refractivity contribution in [3.8, 4) is 0 Å². The molecule has 58 valence electrons. The van der Waals surface area contributed by atoms with Crippen LogP contribution < -0.4 is 0 Å². The number of hydrogen-bond donors (Lipinski definition) is 0. The van der Waals surface area contributed by atoms with Gasteiger partial charge in [0.05, 0.1) is 0 Å². The van der Waals surface area contributed by atoms with Gasteiger partial charge in [-0.1, -0.05) is 0 Å². The van der Waals surface area contributed by atoms with Crippen LogP contribution in [-0.2, 0) is 9.53 Å². The van der Waals surface area contributed by atoms with E-state index in [1.165, 1.54) is 0 Å². The Balaban J connectivity index is 2.29. The Bertz CT molecular complexity index is 141. The van der Waals surface area contributed by atoms with Crippen LogP contribution in [0.3, 0.4) is 0 Å². The van der Waals surface area contributed by atoms with Crippen LogP contribution in [0.4, 0.5) is 0 Å². The molecule has 1 aliphatic carbocycles. The van der Waals surface area contributed by atoms with E-state index in [9.17, 15) is 4.79 Å². The Labute approximate surface area is 65.5 Å². The number of ether oxygens (including phenoxy) is 1. The van der Waals surface area contributed by atoms with Crippen molar-refractivity contribution in [3.05, 3.63) is 0 Å². The van der Waals surface area contributed by atoms with E-state index in [4.69, 9.17) is 16.3 Å². The summed E-state index contributed by atoms with van der Waals surface area (Å²) in [5.41, 5.74) is -0.189. The third-order valence-corrected chi connectivity index (χ3v) is 2.10. The fraction of sp³-hybridized carbons (Fsp3) is 0.857. The quantitative estimate of drug-likeness (QED) is 0.457. The number of carbonyl (C=O) groups is 1. The third kappa shape index (κ3) is 1.63. The Morgan fingerprint density at radius 3 is 2.60 bits per heavy atom. The highest BCUT2D eigenvalue weighted by Crippen LogP contribution is 2.34. The van der Waals surface area contributed by atoms with E-state index in [1.807, 2.05) is 6.92 Å². The average molecular weight is 163 g/mol. The maximum atomic E-state index is 10.7. The number of carbonyl (C=O) groups excluding carboxylic acids is 1. The van der Waals surface area contributed by atoms with Gasteiger partial charge in [-0.15, -0.1) is 11.6 Å². The van der Waals surface area contributed by atoms with Crippen LogP contribution in [0, 0.1) is 0 Å². The summed E-state index contributed by atoms with van der Waals surface area (Å²) < 4.78 is 5.05. The smallest absolute Gasteiger partial charge is 0.321 e. The van der Waals surface area contributed by atoms with Crippen molar-refractivity contribution in [2.24, 2.45) is 0 Å². The number of halogens is 1. The van der Waals surface area contributed by atoms with Gasteiger partial charge in [0.1, 0.15) is 11.5 Å². The molecule has 0 N–H and O–H groups in total. The maximum Gasteiger partial charge on any atom is 0.321 e. The summed E-state index contributed by atoms with van der Waals surface area (Å²) in [6.45, 7) is 1.95. The van der Waals surface area contributed by atoms with Gasteiger partial charge in [0, 0.05) is 0 Å². The molecule has 0 bridgehead atoms. The summed E-state index contributed by atoms with van der Waals surface area (Å²) in [6, 6.07) is 0. The van der Waals surface area contributed by atoms with Crippen molar-refractivity contribution in [1.82, 2.24) is 0 Å². The first-order chi connectivity index (χ1) is 4.66. The Hall–Kier alpha value is -0.240. The second kappa shape index (κ2) is 2.79. The van der Waals surface area contributed by atoms with Crippen LogP contribution >= 0.6 is 11.6 Å². The van der Waals surface area contributed by atoms with Crippen LogP contribution in [0.2, 0.25) is 0 Å². The van der Waals surface area contributed by atoms with Crippen molar-refractivity contribution in [2.45, 2.75) is 31.8 Å². The summed E-state index contributed by atoms with van der Waals surface area (Å²) >= 11 is 5.26. The van der Waals surface area contributed by atoms with E-state index in [0.29, 0.717) is 0 Å². The van der Waals surface area contributed by atoms with E-state index in [1.54, 1.807) is 0 Å². The molecule has 0 aromatic carbocycles. The second-order valence-electron chi connectivity index (χ2n) is 2.91. The van der Waals surface area contributed by atoms with Crippen molar-refractivity contribution in [3.63, 3.8) is 0 Å². The van der Waals surface area contributed by atoms with Gasteiger partial charge >= 0.3 is 5.97 Å². The molecular formula is C7H11ClO2. The van der Waals surface area contributed by atoms with E-state index >= 15 is 0 Å². The fourth-order valence-corrected chi connectivity index (χ4v) is 1.13. The number of esters is 1. The Morgan fingerprint density at radius 1 is 1.70 bits per heavy atom. The van der Waals surface area contributed by atoms with Gasteiger partial charge in [-0.2, -0.15) is 0 Å². The average Bonchev–Trinajstić information content (AvgIpc) is 1.84. The second-order valence-corrected chi connectivity index (χ2v) is 3.18. The molecular weight excluding hydrogens is 152 g/mol. The molecule has 10 heavy (non-hydrogen) atoms. The molecule has 0 unspecified atom stereocenters. The van der Waals surface area contributed by atoms with Crippen LogP contribution in [0.25, 0.3) is 0 Å². The van der Waals surface area contributed by atoms with Crippen molar-refractivity contribution >= 4 is 17.6 Å². The molecule has 1 rings (SSSR count). The Kier molecular flexibility index (Phi) is 2.19. The molecule has 3 heteroatoms. The number of hydrogen-bond acceptors (Lipinski definition) is 2. The Morgan fingerprint density at radius 2 is 2.30 bits per heavy atom. The van der Waals surface area contributed by atoms with Gasteiger partial charge in [-0.25, -0.2) is 0 Å². The highest BCUT2D eigenvalue weighted by molar-refractivity contribution is 6.26. The molecule has 1 aliphatic rings. The SMILES string of the molecule is CC1(OC(=O)CCl)CCC1. The topological polar surface area (TPSA) is 26.3 Å². The molecule has 0 saturated heterocycles. The molecule has 0 aliphatic heterocycles. The molecule has 0 atom stereocenters. The highest BCUT2D eigenvalue weighted by Gasteiger charge is 2.35. The number of rotatable bonds is 2. The molecule has 0 aromatic heterocycles. The minimum absolute atomic E-state index is 0.0322. The lowest BCUT2D eigenvalue weighted by molar-refractivity contribution is -0.163. The first-order valence-electron chi connectivity index (χ1n) is 3.44. The summed E-state index contributed by atoms with van der Waals surface area (Å²) in [6.07, 6.45) is 3.12. The van der Waals surface area contributed by atoms with E-state index < -0.39 is 0 Å². The maximum absolute atomic E-state index is 10.7. The first-order valence-corrected chi connectivity index (χ1v) is 3.97.